The molecule has 0 unspecified atom stereocenters. The van der Waals surface area contributed by atoms with E-state index in [1.807, 2.05) is 30.3 Å². The number of ether oxygens (including phenoxy) is 2. The highest BCUT2D eigenvalue weighted by Crippen LogP contribution is 2.42. The zero-order chi connectivity index (χ0) is 15.5. The van der Waals surface area contributed by atoms with Crippen molar-refractivity contribution in [2.24, 2.45) is 0 Å². The highest BCUT2D eigenvalue weighted by Gasteiger charge is 2.11. The molecule has 0 N–H and O–H groups in total. The molecule has 0 aliphatic carbocycles. The number of methoxy groups -OCH3 is 2. The molecule has 0 saturated heterocycles. The first-order valence-electron chi connectivity index (χ1n) is 6.79. The van der Waals surface area contributed by atoms with E-state index < -0.39 is 0 Å². The standard InChI is InChI=1S/C18H15BrO2S/c1-20-14-8-6-12(7-9-14)17-11-16(19)18(22-17)13-4-3-5-15(10-13)21-2/h3-11H,1-2H3. The van der Waals surface area contributed by atoms with Crippen LogP contribution in [0, 0.1) is 0 Å². The lowest BCUT2D eigenvalue weighted by atomic mass is 10.1. The summed E-state index contributed by atoms with van der Waals surface area (Å²) in [5.74, 6) is 1.73. The second-order valence-electron chi connectivity index (χ2n) is 4.75. The summed E-state index contributed by atoms with van der Waals surface area (Å²) in [5.41, 5.74) is 2.33. The van der Waals surface area contributed by atoms with Crippen LogP contribution in [0.15, 0.2) is 59.1 Å². The predicted molar refractivity (Wildman–Crippen MR) is 96.0 cm³/mol. The van der Waals surface area contributed by atoms with Gasteiger partial charge in [0.1, 0.15) is 11.5 Å². The Morgan fingerprint density at radius 1 is 0.818 bits per heavy atom. The van der Waals surface area contributed by atoms with Crippen molar-refractivity contribution in [3.63, 3.8) is 0 Å². The molecule has 0 amide bonds. The fraction of sp³-hybridized carbons (Fsp3) is 0.111. The van der Waals surface area contributed by atoms with Crippen LogP contribution in [-0.2, 0) is 0 Å². The molecular weight excluding hydrogens is 360 g/mol. The Kier molecular flexibility index (Phi) is 4.50. The number of benzene rings is 2. The van der Waals surface area contributed by atoms with Crippen LogP contribution in [0.25, 0.3) is 20.9 Å². The Morgan fingerprint density at radius 2 is 1.55 bits per heavy atom. The Labute approximate surface area is 142 Å². The van der Waals surface area contributed by atoms with Gasteiger partial charge in [0.25, 0.3) is 0 Å². The first kappa shape index (κ1) is 15.1. The average molecular weight is 375 g/mol. The van der Waals surface area contributed by atoms with Crippen molar-refractivity contribution >= 4 is 27.3 Å². The van der Waals surface area contributed by atoms with E-state index in [4.69, 9.17) is 9.47 Å². The minimum Gasteiger partial charge on any atom is -0.497 e. The fourth-order valence-corrected chi connectivity index (χ4v) is 4.13. The Hall–Kier alpha value is -1.78. The molecule has 0 spiro atoms. The van der Waals surface area contributed by atoms with E-state index in [-0.39, 0.29) is 0 Å². The van der Waals surface area contributed by atoms with Crippen LogP contribution in [0.3, 0.4) is 0 Å². The lowest BCUT2D eigenvalue weighted by molar-refractivity contribution is 0.415. The first-order valence-corrected chi connectivity index (χ1v) is 8.40. The van der Waals surface area contributed by atoms with Gasteiger partial charge < -0.3 is 9.47 Å². The van der Waals surface area contributed by atoms with E-state index in [0.717, 1.165) is 21.5 Å². The van der Waals surface area contributed by atoms with Gasteiger partial charge in [-0.1, -0.05) is 12.1 Å². The summed E-state index contributed by atoms with van der Waals surface area (Å²) >= 11 is 5.43. The predicted octanol–water partition coefficient (Wildman–Crippen LogP) is 5.86. The van der Waals surface area contributed by atoms with E-state index in [2.05, 4.69) is 40.2 Å². The molecule has 0 saturated carbocycles. The summed E-state index contributed by atoms with van der Waals surface area (Å²) in [6.45, 7) is 0. The number of halogens is 1. The van der Waals surface area contributed by atoms with Crippen molar-refractivity contribution < 1.29 is 9.47 Å². The number of rotatable bonds is 4. The molecular formula is C18H15BrO2S. The molecule has 1 heterocycles. The van der Waals surface area contributed by atoms with Crippen LogP contribution in [0.2, 0.25) is 0 Å². The number of hydrogen-bond donors (Lipinski definition) is 0. The van der Waals surface area contributed by atoms with Gasteiger partial charge in [-0.25, -0.2) is 0 Å². The summed E-state index contributed by atoms with van der Waals surface area (Å²) in [4.78, 5) is 2.41. The SMILES string of the molecule is COc1ccc(-c2cc(Br)c(-c3cccc(OC)c3)s2)cc1. The second kappa shape index (κ2) is 6.55. The average Bonchev–Trinajstić information content (AvgIpc) is 2.97. The van der Waals surface area contributed by atoms with E-state index in [1.54, 1.807) is 25.6 Å². The van der Waals surface area contributed by atoms with Gasteiger partial charge in [-0.15, -0.1) is 11.3 Å². The van der Waals surface area contributed by atoms with Crippen molar-refractivity contribution in [2.75, 3.05) is 14.2 Å². The van der Waals surface area contributed by atoms with Crippen LogP contribution in [0.4, 0.5) is 0 Å². The summed E-state index contributed by atoms with van der Waals surface area (Å²) in [6.07, 6.45) is 0. The van der Waals surface area contributed by atoms with Gasteiger partial charge in [-0.2, -0.15) is 0 Å². The van der Waals surface area contributed by atoms with E-state index >= 15 is 0 Å². The maximum absolute atomic E-state index is 5.31. The summed E-state index contributed by atoms with van der Waals surface area (Å²) in [5, 5.41) is 0. The van der Waals surface area contributed by atoms with Gasteiger partial charge in [-0.05, 0) is 69.5 Å². The van der Waals surface area contributed by atoms with Gasteiger partial charge in [0.05, 0.1) is 14.2 Å². The molecule has 0 radical (unpaired) electrons. The van der Waals surface area contributed by atoms with Gasteiger partial charge in [0.2, 0.25) is 0 Å². The summed E-state index contributed by atoms with van der Waals surface area (Å²) in [6, 6.07) is 18.4. The Bertz CT molecular complexity index is 778. The van der Waals surface area contributed by atoms with E-state index in [1.165, 1.54) is 15.3 Å². The highest BCUT2D eigenvalue weighted by atomic mass is 79.9. The topological polar surface area (TPSA) is 18.5 Å². The zero-order valence-corrected chi connectivity index (χ0v) is 14.7. The molecule has 1 aromatic heterocycles. The molecule has 112 valence electrons. The van der Waals surface area contributed by atoms with Crippen LogP contribution in [0.1, 0.15) is 0 Å². The van der Waals surface area contributed by atoms with Crippen LogP contribution in [0.5, 0.6) is 11.5 Å². The molecule has 0 bridgehead atoms. The normalized spacial score (nSPS) is 10.5. The maximum Gasteiger partial charge on any atom is 0.119 e. The zero-order valence-electron chi connectivity index (χ0n) is 12.3. The van der Waals surface area contributed by atoms with Gasteiger partial charge in [0.15, 0.2) is 0 Å². The van der Waals surface area contributed by atoms with Gasteiger partial charge >= 0.3 is 0 Å². The lowest BCUT2D eigenvalue weighted by Crippen LogP contribution is -1.82. The largest absolute Gasteiger partial charge is 0.497 e. The fourth-order valence-electron chi connectivity index (χ4n) is 2.23. The molecule has 3 rings (SSSR count). The molecule has 0 atom stereocenters. The number of thiophene rings is 1. The second-order valence-corrected chi connectivity index (χ2v) is 6.65. The third kappa shape index (κ3) is 3.03. The minimum absolute atomic E-state index is 0.865. The summed E-state index contributed by atoms with van der Waals surface area (Å²) < 4.78 is 11.6. The molecule has 0 aliphatic heterocycles. The lowest BCUT2D eigenvalue weighted by Gasteiger charge is -2.03. The third-order valence-electron chi connectivity index (χ3n) is 3.39. The van der Waals surface area contributed by atoms with Crippen LogP contribution >= 0.6 is 27.3 Å². The first-order chi connectivity index (χ1) is 10.7. The smallest absolute Gasteiger partial charge is 0.119 e. The molecule has 0 aliphatic rings. The van der Waals surface area contributed by atoms with E-state index in [9.17, 15) is 0 Å². The minimum atomic E-state index is 0.865. The number of hydrogen-bond acceptors (Lipinski definition) is 3. The van der Waals surface area contributed by atoms with Crippen molar-refractivity contribution in [1.82, 2.24) is 0 Å². The van der Waals surface area contributed by atoms with Gasteiger partial charge in [-0.3, -0.25) is 0 Å². The third-order valence-corrected chi connectivity index (χ3v) is 5.51. The highest BCUT2D eigenvalue weighted by molar-refractivity contribution is 9.10. The van der Waals surface area contributed by atoms with Crippen molar-refractivity contribution in [3.8, 4) is 32.4 Å². The monoisotopic (exact) mass is 374 g/mol. The molecule has 2 aromatic carbocycles. The molecule has 3 aromatic rings. The van der Waals surface area contributed by atoms with Gasteiger partial charge in [0, 0.05) is 14.2 Å². The van der Waals surface area contributed by atoms with Crippen LogP contribution < -0.4 is 9.47 Å². The van der Waals surface area contributed by atoms with Crippen molar-refractivity contribution in [1.29, 1.82) is 0 Å². The van der Waals surface area contributed by atoms with Crippen LogP contribution in [-0.4, -0.2) is 14.2 Å². The molecule has 4 heteroatoms. The molecule has 22 heavy (non-hydrogen) atoms. The maximum atomic E-state index is 5.31. The Balaban J connectivity index is 1.99. The van der Waals surface area contributed by atoms with E-state index in [0.29, 0.717) is 0 Å². The van der Waals surface area contributed by atoms with Crippen molar-refractivity contribution in [3.05, 3.63) is 59.1 Å². The van der Waals surface area contributed by atoms with Crippen molar-refractivity contribution in [2.45, 2.75) is 0 Å². The summed E-state index contributed by atoms with van der Waals surface area (Å²) in [7, 11) is 3.36. The molecule has 0 fully saturated rings. The quantitative estimate of drug-likeness (QED) is 0.569. The Morgan fingerprint density at radius 3 is 2.23 bits per heavy atom. The molecule has 2 nitrogen and oxygen atoms in total.